The largest absolute Gasteiger partial charge is 0.507 e. The van der Waals surface area contributed by atoms with Crippen molar-refractivity contribution < 1.29 is 30.7 Å². The van der Waals surface area contributed by atoms with Gasteiger partial charge >= 0.3 is 10.1 Å². The van der Waals surface area contributed by atoms with Crippen LogP contribution in [0.4, 0.5) is 0 Å². The minimum atomic E-state index is -4.34. The molecular weight excluding hydrogens is 416 g/mol. The van der Waals surface area contributed by atoms with Gasteiger partial charge in [-0.15, -0.1) is 0 Å². The zero-order valence-corrected chi connectivity index (χ0v) is 16.3. The predicted molar refractivity (Wildman–Crippen MR) is 107 cm³/mol. The Labute approximate surface area is 166 Å². The quantitative estimate of drug-likeness (QED) is 0.374. The summed E-state index contributed by atoms with van der Waals surface area (Å²) < 4.78 is 62.1. The minimum Gasteiger partial charge on any atom is -0.507 e. The maximum Gasteiger partial charge on any atom is 0.339 e. The molecule has 0 saturated carbocycles. The number of rotatable bonds is 4. The Morgan fingerprint density at radius 1 is 0.690 bits per heavy atom. The lowest BCUT2D eigenvalue weighted by molar-refractivity contribution is 0.480. The maximum absolute atomic E-state index is 12.7. The molecule has 0 saturated heterocycles. The number of hydrogen-bond donors (Lipinski definition) is 2. The monoisotopic (exact) mass is 430 g/mol. The smallest absolute Gasteiger partial charge is 0.339 e. The first-order chi connectivity index (χ1) is 13.6. The summed E-state index contributed by atoms with van der Waals surface area (Å²) in [6.45, 7) is 0. The average Bonchev–Trinajstić information content (AvgIpc) is 2.66. The van der Waals surface area contributed by atoms with Gasteiger partial charge in [-0.1, -0.05) is 24.3 Å². The van der Waals surface area contributed by atoms with Crippen molar-refractivity contribution >= 4 is 41.8 Å². The molecule has 148 valence electrons. The van der Waals surface area contributed by atoms with Gasteiger partial charge in [0, 0.05) is 5.39 Å². The maximum atomic E-state index is 12.7. The molecule has 0 fully saturated rings. The van der Waals surface area contributed by atoms with Crippen molar-refractivity contribution in [3.63, 3.8) is 0 Å². The molecule has 0 aromatic heterocycles. The molecule has 2 N–H and O–H groups in total. The van der Waals surface area contributed by atoms with Crippen LogP contribution in [0.2, 0.25) is 0 Å². The van der Waals surface area contributed by atoms with Crippen LogP contribution in [0.15, 0.2) is 82.6 Å². The summed E-state index contributed by atoms with van der Waals surface area (Å²) in [5.41, 5.74) is 0. The Hall–Kier alpha value is -3.14. The van der Waals surface area contributed by atoms with E-state index in [-0.39, 0.29) is 21.3 Å². The highest BCUT2D eigenvalue weighted by Crippen LogP contribution is 2.29. The summed E-state index contributed by atoms with van der Waals surface area (Å²) in [5.74, 6) is 0.0965. The first-order valence-electron chi connectivity index (χ1n) is 8.31. The molecule has 0 aliphatic heterocycles. The molecule has 4 rings (SSSR count). The fourth-order valence-electron chi connectivity index (χ4n) is 2.99. The van der Waals surface area contributed by atoms with E-state index in [0.29, 0.717) is 21.5 Å². The Bertz CT molecular complexity index is 1470. The number of aromatic hydroxyl groups is 1. The van der Waals surface area contributed by atoms with Crippen molar-refractivity contribution in [2.45, 2.75) is 9.79 Å². The van der Waals surface area contributed by atoms with Gasteiger partial charge < -0.3 is 9.29 Å². The zero-order valence-electron chi connectivity index (χ0n) is 14.7. The third-order valence-corrected chi connectivity index (χ3v) is 6.50. The van der Waals surface area contributed by atoms with Gasteiger partial charge in [0.1, 0.15) is 16.4 Å². The number of fused-ring (bicyclic) bond motifs is 2. The predicted octanol–water partition coefficient (Wildman–Crippen LogP) is 3.71. The van der Waals surface area contributed by atoms with Crippen molar-refractivity contribution in [2.75, 3.05) is 0 Å². The summed E-state index contributed by atoms with van der Waals surface area (Å²) >= 11 is 0. The van der Waals surface area contributed by atoms with E-state index in [0.717, 1.165) is 0 Å². The first-order valence-corrected chi connectivity index (χ1v) is 11.2. The fraction of sp³-hybridized carbons (Fsp3) is 0. The van der Waals surface area contributed by atoms with Gasteiger partial charge in [0.2, 0.25) is 0 Å². The van der Waals surface area contributed by atoms with Gasteiger partial charge in [-0.25, -0.2) is 0 Å². The van der Waals surface area contributed by atoms with E-state index in [1.54, 1.807) is 12.1 Å². The Kier molecular flexibility index (Phi) is 4.45. The van der Waals surface area contributed by atoms with Crippen LogP contribution < -0.4 is 4.18 Å². The summed E-state index contributed by atoms with van der Waals surface area (Å²) in [6.07, 6.45) is 0. The van der Waals surface area contributed by atoms with Gasteiger partial charge in [-0.3, -0.25) is 4.55 Å². The second kappa shape index (κ2) is 6.73. The van der Waals surface area contributed by atoms with Crippen molar-refractivity contribution in [1.29, 1.82) is 0 Å². The van der Waals surface area contributed by atoms with Crippen molar-refractivity contribution in [1.82, 2.24) is 0 Å². The first kappa shape index (κ1) is 19.2. The number of benzene rings is 4. The van der Waals surface area contributed by atoms with E-state index in [2.05, 4.69) is 0 Å². The lowest BCUT2D eigenvalue weighted by Gasteiger charge is -2.09. The van der Waals surface area contributed by atoms with Crippen LogP contribution >= 0.6 is 0 Å². The Morgan fingerprint density at radius 2 is 1.34 bits per heavy atom. The van der Waals surface area contributed by atoms with Crippen LogP contribution in [-0.4, -0.2) is 26.5 Å². The normalized spacial score (nSPS) is 12.3. The van der Waals surface area contributed by atoms with Crippen LogP contribution in [-0.2, 0) is 20.2 Å². The number of hydrogen-bond acceptors (Lipinski definition) is 6. The summed E-state index contributed by atoms with van der Waals surface area (Å²) in [6, 6.07) is 17.3. The highest BCUT2D eigenvalue weighted by Gasteiger charge is 2.18. The molecular formula is C20H14O7S2. The summed E-state index contributed by atoms with van der Waals surface area (Å²) in [4.78, 5) is -0.330. The third kappa shape index (κ3) is 3.75. The molecule has 0 aliphatic rings. The second-order valence-corrected chi connectivity index (χ2v) is 9.31. The molecule has 0 radical (unpaired) electrons. The average molecular weight is 430 g/mol. The third-order valence-electron chi connectivity index (χ3n) is 4.40. The van der Waals surface area contributed by atoms with Gasteiger partial charge in [0.25, 0.3) is 10.1 Å². The van der Waals surface area contributed by atoms with Crippen LogP contribution in [0.3, 0.4) is 0 Å². The highest BCUT2D eigenvalue weighted by molar-refractivity contribution is 7.87. The molecule has 0 unspecified atom stereocenters. The van der Waals surface area contributed by atoms with Crippen molar-refractivity contribution in [3.05, 3.63) is 72.8 Å². The minimum absolute atomic E-state index is 0.0474. The van der Waals surface area contributed by atoms with E-state index < -0.39 is 20.2 Å². The molecule has 0 spiro atoms. The molecule has 4 aromatic rings. The Morgan fingerprint density at radius 3 is 2.10 bits per heavy atom. The number of phenolic OH excluding ortho intramolecular Hbond substituents is 1. The van der Waals surface area contributed by atoms with Gasteiger partial charge in [0.15, 0.2) is 0 Å². The van der Waals surface area contributed by atoms with Crippen LogP contribution in [0.25, 0.3) is 21.5 Å². The molecule has 29 heavy (non-hydrogen) atoms. The molecule has 0 heterocycles. The SMILES string of the molecule is O=S(=O)(O)c1ccc2cc(OS(=O)(=O)c3ccc4c(O)cccc4c3)ccc2c1. The second-order valence-electron chi connectivity index (χ2n) is 6.34. The van der Waals surface area contributed by atoms with E-state index in [1.807, 2.05) is 0 Å². The lowest BCUT2D eigenvalue weighted by Crippen LogP contribution is -2.09. The van der Waals surface area contributed by atoms with E-state index in [4.69, 9.17) is 8.74 Å². The van der Waals surface area contributed by atoms with Gasteiger partial charge in [0.05, 0.1) is 4.90 Å². The van der Waals surface area contributed by atoms with Gasteiger partial charge in [-0.05, 0) is 64.7 Å². The van der Waals surface area contributed by atoms with Crippen LogP contribution in [0, 0.1) is 0 Å². The number of phenols is 1. The Balaban J connectivity index is 1.69. The summed E-state index contributed by atoms with van der Waals surface area (Å²) in [7, 11) is -8.47. The fourth-order valence-corrected chi connectivity index (χ4v) is 4.46. The highest BCUT2D eigenvalue weighted by atomic mass is 32.2. The van der Waals surface area contributed by atoms with E-state index in [1.165, 1.54) is 60.7 Å². The van der Waals surface area contributed by atoms with Crippen molar-refractivity contribution in [3.8, 4) is 11.5 Å². The van der Waals surface area contributed by atoms with Crippen LogP contribution in [0.1, 0.15) is 0 Å². The van der Waals surface area contributed by atoms with Crippen LogP contribution in [0.5, 0.6) is 11.5 Å². The molecule has 0 atom stereocenters. The molecule has 0 bridgehead atoms. The van der Waals surface area contributed by atoms with Crippen molar-refractivity contribution in [2.24, 2.45) is 0 Å². The zero-order chi connectivity index (χ0) is 20.8. The topological polar surface area (TPSA) is 118 Å². The lowest BCUT2D eigenvalue weighted by atomic mass is 10.1. The van der Waals surface area contributed by atoms with E-state index in [9.17, 15) is 21.9 Å². The molecule has 9 heteroatoms. The molecule has 4 aromatic carbocycles. The molecule has 7 nitrogen and oxygen atoms in total. The van der Waals surface area contributed by atoms with Gasteiger partial charge in [-0.2, -0.15) is 16.8 Å². The summed E-state index contributed by atoms with van der Waals surface area (Å²) in [5, 5.41) is 11.9. The molecule has 0 aliphatic carbocycles. The van der Waals surface area contributed by atoms with E-state index >= 15 is 0 Å². The standard InChI is InChI=1S/C20H14O7S2/c21-20-3-1-2-15-12-18(8-9-19(15)20)29(25,26)27-16-6-4-14-11-17(28(22,23)24)7-5-13(14)10-16/h1-12,21H,(H,22,23,24). The molecule has 0 amide bonds.